The van der Waals surface area contributed by atoms with Gasteiger partial charge in [0.1, 0.15) is 5.82 Å². The average Bonchev–Trinajstić information content (AvgIpc) is 2.42. The summed E-state index contributed by atoms with van der Waals surface area (Å²) in [5.74, 6) is 1.38. The van der Waals surface area contributed by atoms with Crippen LogP contribution in [-0.4, -0.2) is 16.5 Å². The highest BCUT2D eigenvalue weighted by atomic mass is 79.9. The highest BCUT2D eigenvalue weighted by Gasteiger charge is 2.05. The monoisotopic (exact) mass is 384 g/mol. The number of aromatic nitrogens is 2. The third-order valence-corrected chi connectivity index (χ3v) is 3.49. The van der Waals surface area contributed by atoms with Gasteiger partial charge in [-0.05, 0) is 46.6 Å². The first-order valence-electron chi connectivity index (χ1n) is 5.98. The van der Waals surface area contributed by atoms with Crippen LogP contribution in [0.1, 0.15) is 13.3 Å². The van der Waals surface area contributed by atoms with Crippen molar-refractivity contribution in [3.63, 3.8) is 0 Å². The van der Waals surface area contributed by atoms with Crippen molar-refractivity contribution in [2.45, 2.75) is 13.3 Å². The summed E-state index contributed by atoms with van der Waals surface area (Å²) in [6.07, 6.45) is 2.78. The molecule has 6 heteroatoms. The zero-order valence-corrected chi connectivity index (χ0v) is 13.6. The lowest BCUT2D eigenvalue weighted by Crippen LogP contribution is -2.06. The second kappa shape index (κ2) is 6.86. The average molecular weight is 386 g/mol. The molecule has 2 aromatic rings. The summed E-state index contributed by atoms with van der Waals surface area (Å²) in [6.45, 7) is 2.96. The number of nitrogens with one attached hydrogen (secondary N) is 2. The quantitative estimate of drug-likeness (QED) is 0.791. The zero-order chi connectivity index (χ0) is 13.7. The van der Waals surface area contributed by atoms with Crippen LogP contribution in [-0.2, 0) is 0 Å². The van der Waals surface area contributed by atoms with Crippen molar-refractivity contribution in [3.8, 4) is 0 Å². The number of hydrogen-bond donors (Lipinski definition) is 2. The van der Waals surface area contributed by atoms with Gasteiger partial charge in [0, 0.05) is 22.9 Å². The molecule has 0 saturated carbocycles. The SMILES string of the molecule is CCCNc1ncc(Br)c(Nc2ccc(Br)cc2)n1. The van der Waals surface area contributed by atoms with Gasteiger partial charge < -0.3 is 10.6 Å². The molecule has 0 bridgehead atoms. The molecular formula is C13H14Br2N4. The maximum Gasteiger partial charge on any atom is 0.224 e. The van der Waals surface area contributed by atoms with Crippen molar-refractivity contribution in [2.24, 2.45) is 0 Å². The summed E-state index contributed by atoms with van der Waals surface area (Å²) >= 11 is 6.86. The zero-order valence-electron chi connectivity index (χ0n) is 10.5. The van der Waals surface area contributed by atoms with Gasteiger partial charge in [-0.25, -0.2) is 4.98 Å². The van der Waals surface area contributed by atoms with Gasteiger partial charge in [-0.15, -0.1) is 0 Å². The lowest BCUT2D eigenvalue weighted by atomic mass is 10.3. The molecule has 0 aliphatic carbocycles. The first kappa shape index (κ1) is 14.3. The Balaban J connectivity index is 2.16. The topological polar surface area (TPSA) is 49.8 Å². The first-order chi connectivity index (χ1) is 9.19. The van der Waals surface area contributed by atoms with Crippen molar-refractivity contribution in [3.05, 3.63) is 39.4 Å². The van der Waals surface area contributed by atoms with E-state index in [4.69, 9.17) is 0 Å². The molecule has 1 aromatic heterocycles. The smallest absolute Gasteiger partial charge is 0.224 e. The molecule has 4 nitrogen and oxygen atoms in total. The van der Waals surface area contributed by atoms with Crippen LogP contribution in [0.3, 0.4) is 0 Å². The van der Waals surface area contributed by atoms with Crippen LogP contribution in [0, 0.1) is 0 Å². The predicted molar refractivity (Wildman–Crippen MR) is 85.9 cm³/mol. The standard InChI is InChI=1S/C13H14Br2N4/c1-2-7-16-13-17-8-11(15)12(19-13)18-10-5-3-9(14)4-6-10/h3-6,8H,2,7H2,1H3,(H2,16,17,18,19). The van der Waals surface area contributed by atoms with Crippen molar-refractivity contribution in [1.82, 2.24) is 9.97 Å². The summed E-state index contributed by atoms with van der Waals surface area (Å²) in [5.41, 5.74) is 0.976. The predicted octanol–water partition coefficient (Wildman–Crippen LogP) is 4.57. The number of halogens is 2. The Morgan fingerprint density at radius 1 is 1.16 bits per heavy atom. The highest BCUT2D eigenvalue weighted by Crippen LogP contribution is 2.25. The Morgan fingerprint density at radius 2 is 1.89 bits per heavy atom. The maximum absolute atomic E-state index is 4.44. The number of anilines is 3. The van der Waals surface area contributed by atoms with E-state index in [2.05, 4.69) is 59.4 Å². The lowest BCUT2D eigenvalue weighted by Gasteiger charge is -2.09. The van der Waals surface area contributed by atoms with E-state index in [1.165, 1.54) is 0 Å². The molecule has 0 aliphatic rings. The second-order valence-corrected chi connectivity index (χ2v) is 5.72. The summed E-state index contributed by atoms with van der Waals surface area (Å²) < 4.78 is 1.88. The van der Waals surface area contributed by atoms with Gasteiger partial charge in [0.2, 0.25) is 5.95 Å². The highest BCUT2D eigenvalue weighted by molar-refractivity contribution is 9.10. The van der Waals surface area contributed by atoms with Gasteiger partial charge in [-0.1, -0.05) is 22.9 Å². The molecular weight excluding hydrogens is 372 g/mol. The minimum absolute atomic E-state index is 0.629. The van der Waals surface area contributed by atoms with E-state index in [-0.39, 0.29) is 0 Å². The number of benzene rings is 1. The molecule has 0 radical (unpaired) electrons. The van der Waals surface area contributed by atoms with Crippen LogP contribution in [0.2, 0.25) is 0 Å². The van der Waals surface area contributed by atoms with Gasteiger partial charge in [-0.3, -0.25) is 0 Å². The summed E-state index contributed by atoms with van der Waals surface area (Å²) in [4.78, 5) is 8.65. The molecule has 0 unspecified atom stereocenters. The normalized spacial score (nSPS) is 10.3. The van der Waals surface area contributed by atoms with Gasteiger partial charge >= 0.3 is 0 Å². The van der Waals surface area contributed by atoms with Crippen molar-refractivity contribution in [2.75, 3.05) is 17.2 Å². The molecule has 0 amide bonds. The van der Waals surface area contributed by atoms with E-state index in [0.717, 1.165) is 33.4 Å². The molecule has 19 heavy (non-hydrogen) atoms. The maximum atomic E-state index is 4.44. The molecule has 0 saturated heterocycles. The van der Waals surface area contributed by atoms with Gasteiger partial charge in [0.05, 0.1) is 4.47 Å². The number of nitrogens with zero attached hydrogens (tertiary/aromatic N) is 2. The molecule has 100 valence electrons. The minimum Gasteiger partial charge on any atom is -0.354 e. The molecule has 0 spiro atoms. The Hall–Kier alpha value is -1.14. The number of rotatable bonds is 5. The fourth-order valence-electron chi connectivity index (χ4n) is 1.45. The van der Waals surface area contributed by atoms with E-state index in [9.17, 15) is 0 Å². The van der Waals surface area contributed by atoms with Crippen molar-refractivity contribution >= 4 is 49.3 Å². The van der Waals surface area contributed by atoms with Crippen LogP contribution in [0.15, 0.2) is 39.4 Å². The summed E-state index contributed by atoms with van der Waals surface area (Å²) in [7, 11) is 0. The van der Waals surface area contributed by atoms with Gasteiger partial charge in [0.25, 0.3) is 0 Å². The fraction of sp³-hybridized carbons (Fsp3) is 0.231. The van der Waals surface area contributed by atoms with E-state index in [0.29, 0.717) is 5.95 Å². The Kier molecular flexibility index (Phi) is 5.15. The van der Waals surface area contributed by atoms with Crippen LogP contribution in [0.25, 0.3) is 0 Å². The van der Waals surface area contributed by atoms with E-state index >= 15 is 0 Å². The van der Waals surface area contributed by atoms with Crippen LogP contribution < -0.4 is 10.6 Å². The molecule has 1 aromatic carbocycles. The first-order valence-corrected chi connectivity index (χ1v) is 7.56. The molecule has 0 atom stereocenters. The Bertz CT molecular complexity index is 543. The molecule has 0 aliphatic heterocycles. The Morgan fingerprint density at radius 3 is 2.58 bits per heavy atom. The molecule has 2 N–H and O–H groups in total. The van der Waals surface area contributed by atoms with E-state index in [1.807, 2.05) is 24.3 Å². The summed E-state index contributed by atoms with van der Waals surface area (Å²) in [6, 6.07) is 7.93. The third-order valence-electron chi connectivity index (χ3n) is 2.38. The van der Waals surface area contributed by atoms with Crippen LogP contribution in [0.4, 0.5) is 17.5 Å². The molecule has 0 fully saturated rings. The minimum atomic E-state index is 0.629. The largest absolute Gasteiger partial charge is 0.354 e. The number of hydrogen-bond acceptors (Lipinski definition) is 4. The van der Waals surface area contributed by atoms with Gasteiger partial charge in [0.15, 0.2) is 0 Å². The van der Waals surface area contributed by atoms with Gasteiger partial charge in [-0.2, -0.15) is 4.98 Å². The van der Waals surface area contributed by atoms with E-state index in [1.54, 1.807) is 6.20 Å². The third kappa shape index (κ3) is 4.18. The Labute approximate surface area is 129 Å². The molecule has 2 rings (SSSR count). The van der Waals surface area contributed by atoms with Crippen LogP contribution in [0.5, 0.6) is 0 Å². The lowest BCUT2D eigenvalue weighted by molar-refractivity contribution is 0.952. The molecule has 1 heterocycles. The van der Waals surface area contributed by atoms with Crippen molar-refractivity contribution in [1.29, 1.82) is 0 Å². The van der Waals surface area contributed by atoms with Crippen LogP contribution >= 0.6 is 31.9 Å². The summed E-state index contributed by atoms with van der Waals surface area (Å²) in [5, 5.41) is 6.42. The van der Waals surface area contributed by atoms with Crippen molar-refractivity contribution < 1.29 is 0 Å². The second-order valence-electron chi connectivity index (χ2n) is 3.95. The van der Waals surface area contributed by atoms with E-state index < -0.39 is 0 Å². The fourth-order valence-corrected chi connectivity index (χ4v) is 2.00.